The summed E-state index contributed by atoms with van der Waals surface area (Å²) < 4.78 is 0. The largest absolute Gasteiger partial charge is 0.314 e. The Labute approximate surface area is 102 Å². The van der Waals surface area contributed by atoms with Crippen molar-refractivity contribution in [1.82, 2.24) is 10.2 Å². The molecule has 1 aliphatic carbocycles. The second kappa shape index (κ2) is 8.08. The van der Waals surface area contributed by atoms with Gasteiger partial charge >= 0.3 is 0 Å². The first kappa shape index (κ1) is 14.0. The van der Waals surface area contributed by atoms with Gasteiger partial charge in [-0.2, -0.15) is 0 Å². The lowest BCUT2D eigenvalue weighted by Gasteiger charge is -2.22. The highest BCUT2D eigenvalue weighted by Crippen LogP contribution is 2.27. The van der Waals surface area contributed by atoms with Crippen LogP contribution in [-0.4, -0.2) is 36.6 Å². The predicted octanol–water partition coefficient (Wildman–Crippen LogP) is 3.03. The van der Waals surface area contributed by atoms with Crippen LogP contribution in [-0.2, 0) is 0 Å². The third-order valence-electron chi connectivity index (χ3n) is 3.40. The lowest BCUT2D eigenvalue weighted by molar-refractivity contribution is 0.254. The lowest BCUT2D eigenvalue weighted by Crippen LogP contribution is -2.31. The first-order valence-electron chi connectivity index (χ1n) is 7.25. The van der Waals surface area contributed by atoms with E-state index in [1.807, 2.05) is 0 Å². The molecule has 1 unspecified atom stereocenters. The second-order valence-electron chi connectivity index (χ2n) is 5.26. The van der Waals surface area contributed by atoms with Gasteiger partial charge in [-0.05, 0) is 65.1 Å². The molecule has 1 fully saturated rings. The van der Waals surface area contributed by atoms with Crippen LogP contribution in [0.1, 0.15) is 59.3 Å². The summed E-state index contributed by atoms with van der Waals surface area (Å²) in [6, 6.07) is 1.64. The van der Waals surface area contributed by atoms with Crippen LogP contribution in [0.15, 0.2) is 0 Å². The maximum absolute atomic E-state index is 3.56. The first-order chi connectivity index (χ1) is 7.77. The van der Waals surface area contributed by atoms with E-state index in [0.717, 1.165) is 6.04 Å². The molecule has 0 aromatic rings. The fourth-order valence-corrected chi connectivity index (χ4v) is 2.30. The van der Waals surface area contributed by atoms with Crippen LogP contribution in [0.4, 0.5) is 0 Å². The standard InChI is InChI=1S/C14H30N2/c1-4-10-15-13(3)7-6-12-16(11-5-2)14-8-9-14/h13-15H,4-12H2,1-3H3. The maximum Gasteiger partial charge on any atom is 0.00964 e. The van der Waals surface area contributed by atoms with Gasteiger partial charge in [0.15, 0.2) is 0 Å². The average molecular weight is 226 g/mol. The molecular formula is C14H30N2. The summed E-state index contributed by atoms with van der Waals surface area (Å²) in [6.45, 7) is 10.6. The van der Waals surface area contributed by atoms with Crippen molar-refractivity contribution < 1.29 is 0 Å². The summed E-state index contributed by atoms with van der Waals surface area (Å²) >= 11 is 0. The van der Waals surface area contributed by atoms with Crippen molar-refractivity contribution in [2.45, 2.75) is 71.4 Å². The quantitative estimate of drug-likeness (QED) is 0.616. The average Bonchev–Trinajstić information content (AvgIpc) is 3.09. The van der Waals surface area contributed by atoms with Crippen LogP contribution in [0.2, 0.25) is 0 Å². The number of nitrogens with one attached hydrogen (secondary N) is 1. The molecule has 0 saturated heterocycles. The Balaban J connectivity index is 2.03. The molecule has 0 heterocycles. The van der Waals surface area contributed by atoms with Gasteiger partial charge in [0.05, 0.1) is 0 Å². The Morgan fingerprint density at radius 1 is 1.19 bits per heavy atom. The molecule has 1 N–H and O–H groups in total. The van der Waals surface area contributed by atoms with Gasteiger partial charge in [0.2, 0.25) is 0 Å². The number of rotatable bonds is 10. The zero-order valence-corrected chi connectivity index (χ0v) is 11.5. The fraction of sp³-hybridized carbons (Fsp3) is 1.00. The first-order valence-corrected chi connectivity index (χ1v) is 7.25. The Morgan fingerprint density at radius 2 is 1.94 bits per heavy atom. The highest BCUT2D eigenvalue weighted by molar-refractivity contribution is 4.84. The van der Waals surface area contributed by atoms with E-state index in [0.29, 0.717) is 6.04 Å². The van der Waals surface area contributed by atoms with Crippen molar-refractivity contribution >= 4 is 0 Å². The summed E-state index contributed by atoms with van der Waals surface area (Å²) in [7, 11) is 0. The van der Waals surface area contributed by atoms with E-state index in [9.17, 15) is 0 Å². The van der Waals surface area contributed by atoms with Crippen LogP contribution in [0.25, 0.3) is 0 Å². The van der Waals surface area contributed by atoms with Crippen LogP contribution < -0.4 is 5.32 Å². The van der Waals surface area contributed by atoms with Gasteiger partial charge in [-0.3, -0.25) is 0 Å². The topological polar surface area (TPSA) is 15.3 Å². The summed E-state index contributed by atoms with van der Waals surface area (Å²) in [6.07, 6.45) is 8.13. The maximum atomic E-state index is 3.56. The molecule has 0 aromatic carbocycles. The number of hydrogen-bond donors (Lipinski definition) is 1. The molecule has 0 spiro atoms. The SMILES string of the molecule is CCCNC(C)CCCN(CCC)C1CC1. The normalized spacial score (nSPS) is 18.0. The molecule has 0 aliphatic heterocycles. The van der Waals surface area contributed by atoms with E-state index in [1.54, 1.807) is 0 Å². The van der Waals surface area contributed by atoms with Crippen molar-refractivity contribution in [3.05, 3.63) is 0 Å². The summed E-state index contributed by atoms with van der Waals surface area (Å²) in [5.41, 5.74) is 0. The van der Waals surface area contributed by atoms with Crippen molar-refractivity contribution in [3.8, 4) is 0 Å². The Morgan fingerprint density at radius 3 is 2.50 bits per heavy atom. The fourth-order valence-electron chi connectivity index (χ4n) is 2.30. The molecule has 1 rings (SSSR count). The van der Waals surface area contributed by atoms with Gasteiger partial charge < -0.3 is 10.2 Å². The Hall–Kier alpha value is -0.0800. The minimum atomic E-state index is 0.697. The highest BCUT2D eigenvalue weighted by Gasteiger charge is 2.27. The number of nitrogens with zero attached hydrogens (tertiary/aromatic N) is 1. The zero-order valence-electron chi connectivity index (χ0n) is 11.5. The molecule has 2 heteroatoms. The summed E-state index contributed by atoms with van der Waals surface area (Å²) in [5.74, 6) is 0. The van der Waals surface area contributed by atoms with Gasteiger partial charge in [0.1, 0.15) is 0 Å². The van der Waals surface area contributed by atoms with Crippen LogP contribution in [0.5, 0.6) is 0 Å². The monoisotopic (exact) mass is 226 g/mol. The predicted molar refractivity (Wildman–Crippen MR) is 71.9 cm³/mol. The molecule has 1 aliphatic rings. The molecule has 0 bridgehead atoms. The van der Waals surface area contributed by atoms with Crippen LogP contribution in [0, 0.1) is 0 Å². The molecule has 1 atom stereocenters. The Bertz CT molecular complexity index is 166. The van der Waals surface area contributed by atoms with Gasteiger partial charge in [0, 0.05) is 12.1 Å². The highest BCUT2D eigenvalue weighted by atomic mass is 15.2. The summed E-state index contributed by atoms with van der Waals surface area (Å²) in [4.78, 5) is 2.70. The molecule has 16 heavy (non-hydrogen) atoms. The van der Waals surface area contributed by atoms with Crippen LogP contribution >= 0.6 is 0 Å². The van der Waals surface area contributed by atoms with Crippen molar-refractivity contribution in [3.63, 3.8) is 0 Å². The molecule has 0 radical (unpaired) electrons. The molecular weight excluding hydrogens is 196 g/mol. The lowest BCUT2D eigenvalue weighted by atomic mass is 10.1. The van der Waals surface area contributed by atoms with E-state index in [-0.39, 0.29) is 0 Å². The van der Waals surface area contributed by atoms with Crippen molar-refractivity contribution in [1.29, 1.82) is 0 Å². The molecule has 0 aromatic heterocycles. The third-order valence-corrected chi connectivity index (χ3v) is 3.40. The molecule has 96 valence electrons. The Kier molecular flexibility index (Phi) is 7.06. The minimum Gasteiger partial charge on any atom is -0.314 e. The van der Waals surface area contributed by atoms with Crippen molar-refractivity contribution in [2.24, 2.45) is 0 Å². The van der Waals surface area contributed by atoms with Crippen molar-refractivity contribution in [2.75, 3.05) is 19.6 Å². The summed E-state index contributed by atoms with van der Waals surface area (Å²) in [5, 5.41) is 3.56. The molecule has 2 nitrogen and oxygen atoms in total. The molecule has 0 amide bonds. The van der Waals surface area contributed by atoms with E-state index < -0.39 is 0 Å². The van der Waals surface area contributed by atoms with Crippen LogP contribution in [0.3, 0.4) is 0 Å². The smallest absolute Gasteiger partial charge is 0.00964 e. The zero-order chi connectivity index (χ0) is 11.8. The van der Waals surface area contributed by atoms with E-state index in [2.05, 4.69) is 31.0 Å². The second-order valence-corrected chi connectivity index (χ2v) is 5.26. The van der Waals surface area contributed by atoms with Gasteiger partial charge in [-0.1, -0.05) is 13.8 Å². The third kappa shape index (κ3) is 5.86. The van der Waals surface area contributed by atoms with Gasteiger partial charge in [0.25, 0.3) is 0 Å². The van der Waals surface area contributed by atoms with Gasteiger partial charge in [-0.25, -0.2) is 0 Å². The van der Waals surface area contributed by atoms with E-state index in [1.165, 1.54) is 58.2 Å². The minimum absolute atomic E-state index is 0.697. The number of hydrogen-bond acceptors (Lipinski definition) is 2. The van der Waals surface area contributed by atoms with E-state index in [4.69, 9.17) is 0 Å². The van der Waals surface area contributed by atoms with E-state index >= 15 is 0 Å². The molecule has 1 saturated carbocycles. The van der Waals surface area contributed by atoms with Gasteiger partial charge in [-0.15, -0.1) is 0 Å².